The number of carbonyl (C=O) groups is 1. The molecule has 0 heterocycles. The summed E-state index contributed by atoms with van der Waals surface area (Å²) in [5.41, 5.74) is 11.7. The molecule has 0 atom stereocenters. The van der Waals surface area contributed by atoms with Crippen molar-refractivity contribution in [3.8, 4) is 0 Å². The van der Waals surface area contributed by atoms with Crippen LogP contribution >= 0.6 is 7.60 Å². The molecule has 0 amide bonds. The molecule has 0 radical (unpaired) electrons. The molecule has 7 nitrogen and oxygen atoms in total. The number of carboxylic acids is 1. The Morgan fingerprint density at radius 3 is 1.80 bits per heavy atom. The van der Waals surface area contributed by atoms with E-state index in [0.717, 1.165) is 12.8 Å². The molecule has 20 heavy (non-hydrogen) atoms. The van der Waals surface area contributed by atoms with Gasteiger partial charge in [-0.05, 0) is 12.8 Å². The summed E-state index contributed by atoms with van der Waals surface area (Å²) in [6.07, 6.45) is 7.46. The molecule has 122 valence electrons. The minimum Gasteiger partial charge on any atom is -0.810 e. The van der Waals surface area contributed by atoms with Crippen LogP contribution in [0.4, 0.5) is 0 Å². The van der Waals surface area contributed by atoms with Crippen molar-refractivity contribution in [1.29, 1.82) is 0 Å². The van der Waals surface area contributed by atoms with E-state index in [0.29, 0.717) is 6.54 Å². The number of carbonyl (C=O) groups excluding carboxylic acids is 1. The molecule has 0 aliphatic heterocycles. The van der Waals surface area contributed by atoms with Crippen LogP contribution in [0, 0.1) is 0 Å². The fourth-order valence-electron chi connectivity index (χ4n) is 1.97. The first-order chi connectivity index (χ1) is 8.68. The molecule has 0 saturated heterocycles. The Balaban J connectivity index is -0.000000295. The fourth-order valence-corrected chi connectivity index (χ4v) is 2.29. The van der Waals surface area contributed by atoms with Crippen LogP contribution in [0.5, 0.6) is 0 Å². The first kappa shape index (κ1) is 22.5. The normalized spacial score (nSPS) is 18.6. The van der Waals surface area contributed by atoms with Crippen molar-refractivity contribution in [3.63, 3.8) is 0 Å². The quantitative estimate of drug-likeness (QED) is 0.441. The third-order valence-electron chi connectivity index (χ3n) is 3.08. The summed E-state index contributed by atoms with van der Waals surface area (Å²) in [5.74, 6) is -1.86. The zero-order chi connectivity index (χ0) is 14.9. The summed E-state index contributed by atoms with van der Waals surface area (Å²) in [7, 11) is -4.88. The summed E-state index contributed by atoms with van der Waals surface area (Å²) in [5, 5.41) is 9.33. The Kier molecular flexibility index (Phi) is 12.2. The smallest absolute Gasteiger partial charge is 0.810 e. The van der Waals surface area contributed by atoms with E-state index in [1.807, 2.05) is 0 Å². The molecular weight excluding hydrogens is 466 g/mol. The Morgan fingerprint density at radius 2 is 1.55 bits per heavy atom. The molecular formula is C11H23N2O5PPt. The van der Waals surface area contributed by atoms with Gasteiger partial charge in [0.2, 0.25) is 0 Å². The first-order valence-corrected chi connectivity index (χ1v) is 8.11. The molecule has 0 aromatic heterocycles. The number of hydrogen-bond donors (Lipinski definition) is 2. The van der Waals surface area contributed by atoms with Gasteiger partial charge < -0.3 is 35.7 Å². The minimum atomic E-state index is -4.88. The molecule has 0 unspecified atom stereocenters. The Labute approximate surface area is 135 Å². The second-order valence-corrected chi connectivity index (χ2v) is 6.51. The van der Waals surface area contributed by atoms with E-state index in [1.54, 1.807) is 0 Å². The Morgan fingerprint density at radius 1 is 1.15 bits per heavy atom. The van der Waals surface area contributed by atoms with Gasteiger partial charge >= 0.3 is 22.5 Å². The Bertz CT molecular complexity index is 322. The molecule has 4 N–H and O–H groups in total. The van der Waals surface area contributed by atoms with Gasteiger partial charge in [0.15, 0.2) is 0 Å². The van der Waals surface area contributed by atoms with Crippen LogP contribution in [0.15, 0.2) is 0 Å². The predicted octanol–water partition coefficient (Wildman–Crippen LogP) is -1.85. The molecule has 1 fully saturated rings. The second kappa shape index (κ2) is 10.9. The minimum absolute atomic E-state index is 0. The maximum Gasteiger partial charge on any atom is 2.00 e. The van der Waals surface area contributed by atoms with Crippen LogP contribution in [-0.4, -0.2) is 24.2 Å². The van der Waals surface area contributed by atoms with Crippen LogP contribution in [0.3, 0.4) is 0 Å². The fraction of sp³-hybridized carbons (Fsp3) is 0.909. The van der Waals surface area contributed by atoms with Crippen molar-refractivity contribution in [3.05, 3.63) is 0 Å². The maximum atomic E-state index is 9.49. The number of carboxylic acid groups (broad SMARTS) is 1. The monoisotopic (exact) mass is 489 g/mol. The van der Waals surface area contributed by atoms with Gasteiger partial charge in [0.25, 0.3) is 0 Å². The zero-order valence-electron chi connectivity index (χ0n) is 12.3. The van der Waals surface area contributed by atoms with E-state index in [9.17, 15) is 24.3 Å². The van der Waals surface area contributed by atoms with Gasteiger partial charge in [-0.15, -0.1) is 0 Å². The molecule has 1 saturated carbocycles. The van der Waals surface area contributed by atoms with E-state index < -0.39 is 19.7 Å². The largest absolute Gasteiger partial charge is 2.00 e. The SMILES string of the molecule is NCC1(N)CCCCCCC1.O=C([O-])CP(=O)([O-])[O-].[H+].[Pt+2]. The Hall–Kier alpha value is 0.228. The number of aliphatic carboxylic acids is 1. The van der Waals surface area contributed by atoms with Crippen molar-refractivity contribution >= 4 is 13.6 Å². The van der Waals surface area contributed by atoms with Gasteiger partial charge in [-0.3, -0.25) is 0 Å². The van der Waals surface area contributed by atoms with E-state index in [4.69, 9.17) is 11.5 Å². The first-order valence-electron chi connectivity index (χ1n) is 6.38. The van der Waals surface area contributed by atoms with Gasteiger partial charge in [-0.2, -0.15) is 0 Å². The van der Waals surface area contributed by atoms with Crippen LogP contribution in [0.25, 0.3) is 0 Å². The van der Waals surface area contributed by atoms with Gasteiger partial charge in [0.1, 0.15) is 0 Å². The van der Waals surface area contributed by atoms with E-state index in [-0.39, 0.29) is 28.0 Å². The van der Waals surface area contributed by atoms with Crippen LogP contribution in [0.1, 0.15) is 46.4 Å². The van der Waals surface area contributed by atoms with Gasteiger partial charge in [-0.1, -0.05) is 39.7 Å². The summed E-state index contributed by atoms with van der Waals surface area (Å²) >= 11 is 0. The second-order valence-electron chi connectivity index (χ2n) is 4.98. The van der Waals surface area contributed by atoms with E-state index in [2.05, 4.69) is 0 Å². The molecule has 9 heteroatoms. The van der Waals surface area contributed by atoms with Gasteiger partial charge in [0.05, 0.1) is 0 Å². The predicted molar refractivity (Wildman–Crippen MR) is 66.9 cm³/mol. The molecule has 0 spiro atoms. The van der Waals surface area contributed by atoms with Gasteiger partial charge in [-0.25, -0.2) is 0 Å². The van der Waals surface area contributed by atoms with Crippen molar-refractivity contribution in [2.24, 2.45) is 11.5 Å². The third kappa shape index (κ3) is 13.2. The number of rotatable bonds is 3. The number of hydrogen-bond acceptors (Lipinski definition) is 7. The van der Waals surface area contributed by atoms with Crippen LogP contribution in [-0.2, 0) is 30.4 Å². The van der Waals surface area contributed by atoms with Crippen molar-refractivity contribution in [2.75, 3.05) is 12.7 Å². The molecule has 0 aromatic carbocycles. The maximum absolute atomic E-state index is 9.49. The van der Waals surface area contributed by atoms with Gasteiger partial charge in [0, 0.05) is 24.2 Å². The summed E-state index contributed by atoms with van der Waals surface area (Å²) in [6, 6.07) is 0. The van der Waals surface area contributed by atoms with Crippen molar-refractivity contribution in [2.45, 2.75) is 50.5 Å². The van der Waals surface area contributed by atoms with Crippen molar-refractivity contribution in [1.82, 2.24) is 0 Å². The summed E-state index contributed by atoms with van der Waals surface area (Å²) in [6.45, 7) is 0.660. The standard InChI is InChI=1S/C9H20N2.C2H5O5P.Pt/c10-8-9(11)6-4-2-1-3-5-7-9;3-2(4)1-8(5,6)7;/h1-8,10-11H2;1H2,(H,3,4)(H2,5,6,7);/q;;+2/p-2. The average Bonchev–Trinajstić information content (AvgIpc) is 2.21. The summed E-state index contributed by atoms with van der Waals surface area (Å²) < 4.78 is 9.49. The number of nitrogens with two attached hydrogens (primary N) is 2. The molecule has 1 aliphatic carbocycles. The molecule has 0 bridgehead atoms. The molecule has 1 rings (SSSR count). The molecule has 0 aromatic rings. The summed E-state index contributed by atoms with van der Waals surface area (Å²) in [4.78, 5) is 28.3. The van der Waals surface area contributed by atoms with E-state index in [1.165, 1.54) is 32.1 Å². The zero-order valence-corrected chi connectivity index (χ0v) is 14.5. The van der Waals surface area contributed by atoms with Crippen LogP contribution in [0.2, 0.25) is 0 Å². The average molecular weight is 489 g/mol. The topological polar surface area (TPSA) is 155 Å². The third-order valence-corrected chi connectivity index (χ3v) is 3.72. The van der Waals surface area contributed by atoms with Crippen molar-refractivity contribution < 1.29 is 46.7 Å². The molecule has 1 aliphatic rings. The van der Waals surface area contributed by atoms with Crippen LogP contribution < -0.4 is 26.4 Å². The van der Waals surface area contributed by atoms with E-state index >= 15 is 0 Å².